The number of nitrogens with zero attached hydrogens (tertiary/aromatic N) is 3. The SMILES string of the molecule is C=CCn1c(SCC(=O)Nc2cc(C(=O)OC)ccc2C(=O)OC)nnc1-c1ccccc1Cl. The van der Waals surface area contributed by atoms with Crippen LogP contribution in [-0.4, -0.2) is 52.6 Å². The van der Waals surface area contributed by atoms with Crippen LogP contribution in [0.15, 0.2) is 60.3 Å². The third-order valence-electron chi connectivity index (χ3n) is 4.60. The Balaban J connectivity index is 1.80. The zero-order valence-electron chi connectivity index (χ0n) is 18.4. The van der Waals surface area contributed by atoms with Gasteiger partial charge in [0.25, 0.3) is 0 Å². The Labute approximate surface area is 205 Å². The van der Waals surface area contributed by atoms with Gasteiger partial charge in [0, 0.05) is 12.1 Å². The average Bonchev–Trinajstić information content (AvgIpc) is 3.24. The van der Waals surface area contributed by atoms with E-state index in [0.717, 1.165) is 11.8 Å². The first kappa shape index (κ1) is 25.0. The van der Waals surface area contributed by atoms with Crippen LogP contribution in [0.5, 0.6) is 0 Å². The lowest BCUT2D eigenvalue weighted by molar-refractivity contribution is -0.113. The monoisotopic (exact) mass is 500 g/mol. The van der Waals surface area contributed by atoms with Gasteiger partial charge in [0.1, 0.15) is 0 Å². The summed E-state index contributed by atoms with van der Waals surface area (Å²) in [6, 6.07) is 11.4. The smallest absolute Gasteiger partial charge is 0.339 e. The molecule has 11 heteroatoms. The van der Waals surface area contributed by atoms with Crippen molar-refractivity contribution in [3.8, 4) is 11.4 Å². The molecule has 2 aromatic carbocycles. The molecule has 1 amide bonds. The number of aromatic nitrogens is 3. The van der Waals surface area contributed by atoms with E-state index in [0.29, 0.717) is 28.1 Å². The number of nitrogens with one attached hydrogen (secondary N) is 1. The highest BCUT2D eigenvalue weighted by Gasteiger charge is 2.19. The van der Waals surface area contributed by atoms with E-state index in [1.807, 2.05) is 18.2 Å². The van der Waals surface area contributed by atoms with Crippen molar-refractivity contribution in [1.82, 2.24) is 14.8 Å². The molecule has 3 rings (SSSR count). The first-order valence-electron chi connectivity index (χ1n) is 9.91. The molecular formula is C23H21ClN4O5S. The molecule has 1 aromatic heterocycles. The molecule has 0 fully saturated rings. The lowest BCUT2D eigenvalue weighted by Gasteiger charge is -2.12. The maximum atomic E-state index is 12.7. The second-order valence-electron chi connectivity index (χ2n) is 6.77. The Kier molecular flexibility index (Phi) is 8.44. The Hall–Kier alpha value is -3.63. The Morgan fingerprint density at radius 1 is 1.12 bits per heavy atom. The predicted molar refractivity (Wildman–Crippen MR) is 129 cm³/mol. The Morgan fingerprint density at radius 2 is 1.85 bits per heavy atom. The molecule has 9 nitrogen and oxygen atoms in total. The summed E-state index contributed by atoms with van der Waals surface area (Å²) in [6.07, 6.45) is 1.69. The number of anilines is 1. The average molecular weight is 501 g/mol. The number of methoxy groups -OCH3 is 2. The van der Waals surface area contributed by atoms with Gasteiger partial charge in [-0.1, -0.05) is 41.6 Å². The molecule has 0 aliphatic rings. The molecule has 1 heterocycles. The quantitative estimate of drug-likeness (QED) is 0.265. The van der Waals surface area contributed by atoms with Gasteiger partial charge in [-0.3, -0.25) is 9.36 Å². The predicted octanol–water partition coefficient (Wildman–Crippen LogP) is 4.09. The van der Waals surface area contributed by atoms with Crippen LogP contribution in [0.2, 0.25) is 5.02 Å². The van der Waals surface area contributed by atoms with Crippen molar-refractivity contribution in [2.24, 2.45) is 0 Å². The van der Waals surface area contributed by atoms with Gasteiger partial charge in [0.15, 0.2) is 11.0 Å². The normalized spacial score (nSPS) is 10.4. The van der Waals surface area contributed by atoms with Crippen molar-refractivity contribution >= 4 is 46.9 Å². The second-order valence-corrected chi connectivity index (χ2v) is 8.12. The summed E-state index contributed by atoms with van der Waals surface area (Å²) in [7, 11) is 2.46. The van der Waals surface area contributed by atoms with Gasteiger partial charge < -0.3 is 14.8 Å². The number of halogens is 1. The standard InChI is InChI=1S/C23H21ClN4O5S/c1-4-11-28-20(15-7-5-6-8-17(15)24)26-27-23(28)34-13-19(29)25-18-12-14(21(30)32-2)9-10-16(18)22(31)33-3/h4-10,12H,1,11,13H2,2-3H3,(H,25,29). The van der Waals surface area contributed by atoms with Crippen LogP contribution in [0.3, 0.4) is 0 Å². The van der Waals surface area contributed by atoms with Gasteiger partial charge in [-0.05, 0) is 30.3 Å². The Bertz CT molecular complexity index is 1240. The van der Waals surface area contributed by atoms with E-state index in [1.54, 1.807) is 16.7 Å². The van der Waals surface area contributed by atoms with Crippen molar-refractivity contribution in [2.45, 2.75) is 11.7 Å². The molecule has 0 saturated carbocycles. The molecule has 0 radical (unpaired) electrons. The highest BCUT2D eigenvalue weighted by atomic mass is 35.5. The maximum absolute atomic E-state index is 12.7. The van der Waals surface area contributed by atoms with Crippen LogP contribution in [0.25, 0.3) is 11.4 Å². The van der Waals surface area contributed by atoms with Crippen LogP contribution < -0.4 is 5.32 Å². The minimum absolute atomic E-state index is 0.0408. The van der Waals surface area contributed by atoms with E-state index < -0.39 is 17.8 Å². The molecule has 0 saturated heterocycles. The van der Waals surface area contributed by atoms with Crippen LogP contribution in [0.1, 0.15) is 20.7 Å². The minimum Gasteiger partial charge on any atom is -0.465 e. The number of ether oxygens (including phenoxy) is 2. The molecule has 176 valence electrons. The second kappa shape index (κ2) is 11.5. The van der Waals surface area contributed by atoms with Crippen LogP contribution in [0.4, 0.5) is 5.69 Å². The van der Waals surface area contributed by atoms with Gasteiger partial charge in [-0.25, -0.2) is 9.59 Å². The number of hydrogen-bond donors (Lipinski definition) is 1. The van der Waals surface area contributed by atoms with E-state index in [4.69, 9.17) is 21.1 Å². The van der Waals surface area contributed by atoms with Gasteiger partial charge in [0.05, 0.1) is 41.8 Å². The van der Waals surface area contributed by atoms with E-state index in [9.17, 15) is 14.4 Å². The molecule has 0 spiro atoms. The fourth-order valence-corrected chi connectivity index (χ4v) is 4.00. The number of amides is 1. The summed E-state index contributed by atoms with van der Waals surface area (Å²) < 4.78 is 11.3. The molecule has 1 N–H and O–H groups in total. The lowest BCUT2D eigenvalue weighted by atomic mass is 10.1. The maximum Gasteiger partial charge on any atom is 0.339 e. The van der Waals surface area contributed by atoms with Crippen molar-refractivity contribution in [3.63, 3.8) is 0 Å². The fourth-order valence-electron chi connectivity index (χ4n) is 3.03. The third-order valence-corrected chi connectivity index (χ3v) is 5.89. The number of hydrogen-bond acceptors (Lipinski definition) is 8. The molecule has 0 aliphatic heterocycles. The van der Waals surface area contributed by atoms with Gasteiger partial charge in [0.2, 0.25) is 5.91 Å². The van der Waals surface area contributed by atoms with Gasteiger partial charge in [-0.15, -0.1) is 16.8 Å². The van der Waals surface area contributed by atoms with E-state index in [2.05, 4.69) is 22.1 Å². The number of carbonyl (C=O) groups is 3. The minimum atomic E-state index is -0.658. The lowest BCUT2D eigenvalue weighted by Crippen LogP contribution is -2.18. The van der Waals surface area contributed by atoms with Crippen molar-refractivity contribution < 1.29 is 23.9 Å². The number of esters is 2. The highest BCUT2D eigenvalue weighted by Crippen LogP contribution is 2.29. The first-order valence-corrected chi connectivity index (χ1v) is 11.3. The number of allylic oxidation sites excluding steroid dienone is 1. The largest absolute Gasteiger partial charge is 0.465 e. The summed E-state index contributed by atoms with van der Waals surface area (Å²) >= 11 is 7.46. The van der Waals surface area contributed by atoms with Crippen LogP contribution in [0, 0.1) is 0 Å². The fraction of sp³-hybridized carbons (Fsp3) is 0.174. The number of thioether (sulfide) groups is 1. The third kappa shape index (κ3) is 5.64. The van der Waals surface area contributed by atoms with E-state index >= 15 is 0 Å². The highest BCUT2D eigenvalue weighted by molar-refractivity contribution is 7.99. The summed E-state index contributed by atoms with van der Waals surface area (Å²) in [5, 5.41) is 12.1. The van der Waals surface area contributed by atoms with Crippen LogP contribution >= 0.6 is 23.4 Å². The molecule has 34 heavy (non-hydrogen) atoms. The number of rotatable bonds is 9. The van der Waals surface area contributed by atoms with Crippen LogP contribution in [-0.2, 0) is 20.8 Å². The van der Waals surface area contributed by atoms with Gasteiger partial charge >= 0.3 is 11.9 Å². The Morgan fingerprint density at radius 3 is 2.53 bits per heavy atom. The number of benzene rings is 2. The van der Waals surface area contributed by atoms with Crippen molar-refractivity contribution in [3.05, 3.63) is 71.3 Å². The van der Waals surface area contributed by atoms with E-state index in [1.165, 1.54) is 32.4 Å². The van der Waals surface area contributed by atoms with E-state index in [-0.39, 0.29) is 22.6 Å². The zero-order valence-corrected chi connectivity index (χ0v) is 20.0. The molecule has 0 unspecified atom stereocenters. The summed E-state index contributed by atoms with van der Waals surface area (Å²) in [5.41, 5.74) is 1.11. The first-order chi connectivity index (χ1) is 16.4. The van der Waals surface area contributed by atoms with Crippen molar-refractivity contribution in [1.29, 1.82) is 0 Å². The summed E-state index contributed by atoms with van der Waals surface area (Å²) in [4.78, 5) is 36.7. The molecule has 0 atom stereocenters. The molecule has 3 aromatic rings. The summed E-state index contributed by atoms with van der Waals surface area (Å²) in [6.45, 7) is 4.18. The van der Waals surface area contributed by atoms with Crippen molar-refractivity contribution in [2.75, 3.05) is 25.3 Å². The number of carbonyl (C=O) groups excluding carboxylic acids is 3. The zero-order chi connectivity index (χ0) is 24.7. The molecule has 0 bridgehead atoms. The molecular weight excluding hydrogens is 480 g/mol. The topological polar surface area (TPSA) is 112 Å². The molecule has 0 aliphatic carbocycles. The van der Waals surface area contributed by atoms with Gasteiger partial charge in [-0.2, -0.15) is 0 Å². The summed E-state index contributed by atoms with van der Waals surface area (Å²) in [5.74, 6) is -1.18.